The Balaban J connectivity index is 2.58. The maximum absolute atomic E-state index is 8.60. The first kappa shape index (κ1) is 12.0. The molecule has 0 aliphatic carbocycles. The molecule has 1 aromatic rings. The van der Waals surface area contributed by atoms with Crippen molar-refractivity contribution in [2.45, 2.75) is 25.9 Å². The van der Waals surface area contributed by atoms with E-state index < -0.39 is 0 Å². The maximum atomic E-state index is 8.60. The van der Waals surface area contributed by atoms with Crippen LogP contribution in [0.25, 0.3) is 0 Å². The summed E-state index contributed by atoms with van der Waals surface area (Å²) < 4.78 is 0. The van der Waals surface area contributed by atoms with Crippen LogP contribution in [0.15, 0.2) is 24.3 Å². The van der Waals surface area contributed by atoms with Crippen LogP contribution < -0.4 is 0 Å². The van der Waals surface area contributed by atoms with Crippen LogP contribution in [0.5, 0.6) is 0 Å². The molecule has 3 heteroatoms. The first-order valence-corrected chi connectivity index (χ1v) is 5.33. The molecular formula is C12H15ClN2. The minimum absolute atomic E-state index is 0.272. The Morgan fingerprint density at radius 3 is 2.87 bits per heavy atom. The van der Waals surface area contributed by atoms with Gasteiger partial charge >= 0.3 is 0 Å². The van der Waals surface area contributed by atoms with E-state index >= 15 is 0 Å². The van der Waals surface area contributed by atoms with Crippen molar-refractivity contribution < 1.29 is 0 Å². The van der Waals surface area contributed by atoms with Gasteiger partial charge < -0.3 is 0 Å². The Bertz CT molecular complexity index is 357. The Kier molecular flexibility index (Phi) is 4.61. The smallest absolute Gasteiger partial charge is 0.0638 e. The first-order valence-electron chi connectivity index (χ1n) is 4.95. The van der Waals surface area contributed by atoms with Crippen LogP contribution in [0.3, 0.4) is 0 Å². The number of rotatable bonds is 4. The number of halogens is 1. The molecular weight excluding hydrogens is 208 g/mol. The van der Waals surface area contributed by atoms with Crippen molar-refractivity contribution in [3.8, 4) is 6.07 Å². The quantitative estimate of drug-likeness (QED) is 0.783. The van der Waals surface area contributed by atoms with Gasteiger partial charge in [-0.05, 0) is 31.7 Å². The summed E-state index contributed by atoms with van der Waals surface area (Å²) in [5.74, 6) is 0. The predicted molar refractivity (Wildman–Crippen MR) is 62.6 cm³/mol. The molecule has 0 aliphatic rings. The summed E-state index contributed by atoms with van der Waals surface area (Å²) in [4.78, 5) is 2.15. The van der Waals surface area contributed by atoms with Crippen LogP contribution in [0, 0.1) is 11.3 Å². The van der Waals surface area contributed by atoms with Crippen LogP contribution in [0.2, 0.25) is 5.02 Å². The van der Waals surface area contributed by atoms with E-state index in [2.05, 4.69) is 11.0 Å². The summed E-state index contributed by atoms with van der Waals surface area (Å²) >= 11 is 5.90. The average molecular weight is 223 g/mol. The van der Waals surface area contributed by atoms with E-state index in [1.54, 1.807) is 0 Å². The van der Waals surface area contributed by atoms with E-state index in [1.165, 1.54) is 5.56 Å². The van der Waals surface area contributed by atoms with Gasteiger partial charge in [0.2, 0.25) is 0 Å². The largest absolute Gasteiger partial charge is 0.298 e. The zero-order chi connectivity index (χ0) is 11.3. The second-order valence-corrected chi connectivity index (χ2v) is 4.19. The minimum atomic E-state index is 0.272. The van der Waals surface area contributed by atoms with E-state index in [-0.39, 0.29) is 6.04 Å². The third-order valence-electron chi connectivity index (χ3n) is 2.46. The van der Waals surface area contributed by atoms with E-state index in [1.807, 2.05) is 38.2 Å². The fourth-order valence-electron chi connectivity index (χ4n) is 1.37. The van der Waals surface area contributed by atoms with Crippen molar-refractivity contribution in [1.82, 2.24) is 4.90 Å². The lowest BCUT2D eigenvalue weighted by atomic mass is 10.1. The van der Waals surface area contributed by atoms with Gasteiger partial charge in [-0.1, -0.05) is 23.7 Å². The Morgan fingerprint density at radius 1 is 1.53 bits per heavy atom. The molecule has 0 aromatic heterocycles. The zero-order valence-corrected chi connectivity index (χ0v) is 9.83. The van der Waals surface area contributed by atoms with Gasteiger partial charge in [0.25, 0.3) is 0 Å². The second kappa shape index (κ2) is 5.75. The molecule has 0 saturated carbocycles. The van der Waals surface area contributed by atoms with Crippen LogP contribution in [0.1, 0.15) is 18.9 Å². The topological polar surface area (TPSA) is 27.0 Å². The standard InChI is InChI=1S/C12H15ClN2/c1-10(6-7-14)15(2)9-11-4-3-5-12(13)8-11/h3-5,8,10H,6,9H2,1-2H3. The molecule has 1 aromatic carbocycles. The van der Waals surface area contributed by atoms with Crippen LogP contribution in [0.4, 0.5) is 0 Å². The maximum Gasteiger partial charge on any atom is 0.0638 e. The van der Waals surface area contributed by atoms with Gasteiger partial charge in [-0.3, -0.25) is 4.90 Å². The molecule has 0 N–H and O–H groups in total. The highest BCUT2D eigenvalue weighted by Gasteiger charge is 2.08. The summed E-state index contributed by atoms with van der Waals surface area (Å²) in [5.41, 5.74) is 1.18. The number of benzene rings is 1. The third kappa shape index (κ3) is 3.91. The lowest BCUT2D eigenvalue weighted by Gasteiger charge is -2.22. The summed E-state index contributed by atoms with van der Waals surface area (Å²) in [6, 6.07) is 10.3. The Hall–Kier alpha value is -1.04. The SMILES string of the molecule is CC(CC#N)N(C)Cc1cccc(Cl)c1. The highest BCUT2D eigenvalue weighted by molar-refractivity contribution is 6.30. The van der Waals surface area contributed by atoms with Gasteiger partial charge in [0.05, 0.1) is 12.5 Å². The zero-order valence-electron chi connectivity index (χ0n) is 9.07. The van der Waals surface area contributed by atoms with E-state index in [4.69, 9.17) is 16.9 Å². The van der Waals surface area contributed by atoms with Crippen molar-refractivity contribution in [1.29, 1.82) is 5.26 Å². The summed E-state index contributed by atoms with van der Waals surface area (Å²) in [6.07, 6.45) is 0.553. The molecule has 0 aliphatic heterocycles. The lowest BCUT2D eigenvalue weighted by molar-refractivity contribution is 0.252. The van der Waals surface area contributed by atoms with Crippen molar-refractivity contribution >= 4 is 11.6 Å². The lowest BCUT2D eigenvalue weighted by Crippen LogP contribution is -2.28. The molecule has 0 fully saturated rings. The number of nitrogens with zero attached hydrogens (tertiary/aromatic N) is 2. The van der Waals surface area contributed by atoms with Crippen molar-refractivity contribution in [2.24, 2.45) is 0 Å². The third-order valence-corrected chi connectivity index (χ3v) is 2.70. The van der Waals surface area contributed by atoms with Crippen LogP contribution >= 0.6 is 11.6 Å². The van der Waals surface area contributed by atoms with Crippen molar-refractivity contribution in [3.63, 3.8) is 0 Å². The van der Waals surface area contributed by atoms with Gasteiger partial charge in [-0.25, -0.2) is 0 Å². The fourth-order valence-corrected chi connectivity index (χ4v) is 1.58. The highest BCUT2D eigenvalue weighted by Crippen LogP contribution is 2.13. The van der Waals surface area contributed by atoms with E-state index in [0.717, 1.165) is 11.6 Å². The predicted octanol–water partition coefficient (Wildman–Crippen LogP) is 3.07. The molecule has 0 amide bonds. The van der Waals surface area contributed by atoms with Crippen LogP contribution in [-0.4, -0.2) is 18.0 Å². The Labute approximate surface area is 96.1 Å². The molecule has 0 heterocycles. The molecule has 0 radical (unpaired) electrons. The fraction of sp³-hybridized carbons (Fsp3) is 0.417. The summed E-state index contributed by atoms with van der Waals surface area (Å²) in [7, 11) is 2.02. The van der Waals surface area contributed by atoms with Gasteiger partial charge in [0, 0.05) is 17.6 Å². The first-order chi connectivity index (χ1) is 7.13. The molecule has 0 saturated heterocycles. The Morgan fingerprint density at radius 2 is 2.27 bits per heavy atom. The van der Waals surface area contributed by atoms with E-state index in [9.17, 15) is 0 Å². The molecule has 2 nitrogen and oxygen atoms in total. The number of hydrogen-bond acceptors (Lipinski definition) is 2. The molecule has 0 bridgehead atoms. The number of nitriles is 1. The normalized spacial score (nSPS) is 12.5. The summed E-state index contributed by atoms with van der Waals surface area (Å²) in [6.45, 7) is 2.87. The van der Waals surface area contributed by atoms with Crippen molar-refractivity contribution in [2.75, 3.05) is 7.05 Å². The van der Waals surface area contributed by atoms with Gasteiger partial charge in [0.1, 0.15) is 0 Å². The molecule has 80 valence electrons. The molecule has 0 spiro atoms. The average Bonchev–Trinajstić information content (AvgIpc) is 2.18. The second-order valence-electron chi connectivity index (χ2n) is 3.76. The highest BCUT2D eigenvalue weighted by atomic mass is 35.5. The molecule has 1 atom stereocenters. The minimum Gasteiger partial charge on any atom is -0.298 e. The molecule has 15 heavy (non-hydrogen) atoms. The van der Waals surface area contributed by atoms with Gasteiger partial charge in [0.15, 0.2) is 0 Å². The van der Waals surface area contributed by atoms with Crippen molar-refractivity contribution in [3.05, 3.63) is 34.9 Å². The van der Waals surface area contributed by atoms with Gasteiger partial charge in [-0.2, -0.15) is 5.26 Å². The van der Waals surface area contributed by atoms with Gasteiger partial charge in [-0.15, -0.1) is 0 Å². The number of hydrogen-bond donors (Lipinski definition) is 0. The molecule has 1 unspecified atom stereocenters. The van der Waals surface area contributed by atoms with Crippen LogP contribution in [-0.2, 0) is 6.54 Å². The summed E-state index contributed by atoms with van der Waals surface area (Å²) in [5, 5.41) is 9.36. The molecule has 1 rings (SSSR count). The monoisotopic (exact) mass is 222 g/mol. The van der Waals surface area contributed by atoms with E-state index in [0.29, 0.717) is 6.42 Å².